The lowest BCUT2D eigenvalue weighted by atomic mass is 9.90. The molecule has 1 aliphatic heterocycles. The summed E-state index contributed by atoms with van der Waals surface area (Å²) in [5.41, 5.74) is -0.662. The minimum Gasteiger partial charge on any atom is -0.508 e. The van der Waals surface area contributed by atoms with Gasteiger partial charge < -0.3 is 13.3 Å². The molecule has 0 aromatic heterocycles. The fourth-order valence-corrected chi connectivity index (χ4v) is 4.97. The summed E-state index contributed by atoms with van der Waals surface area (Å²) in [6.07, 6.45) is 7.58. The van der Waals surface area contributed by atoms with Crippen LogP contribution in [0.3, 0.4) is 0 Å². The molecule has 0 aliphatic carbocycles. The average molecular weight is 256 g/mol. The summed E-state index contributed by atoms with van der Waals surface area (Å²) in [4.78, 5) is 0. The molecule has 1 fully saturated rings. The van der Waals surface area contributed by atoms with Gasteiger partial charge in [0.05, 0.1) is 17.5 Å². The minimum absolute atomic E-state index is 0.331. The summed E-state index contributed by atoms with van der Waals surface area (Å²) in [6, 6.07) is 0.709. The Morgan fingerprint density at radius 2 is 1.53 bits per heavy atom. The Kier molecular flexibility index (Phi) is 4.22. The third kappa shape index (κ3) is 3.00. The summed E-state index contributed by atoms with van der Waals surface area (Å²) in [5, 5.41) is 0. The molecule has 0 bridgehead atoms. The van der Waals surface area contributed by atoms with E-state index < -0.39 is 8.80 Å². The van der Waals surface area contributed by atoms with Crippen molar-refractivity contribution in [2.45, 2.75) is 58.8 Å². The molecule has 4 heteroatoms. The second kappa shape index (κ2) is 4.96. The van der Waals surface area contributed by atoms with Crippen LogP contribution in [-0.2, 0) is 13.3 Å². The Labute approximate surface area is 106 Å². The van der Waals surface area contributed by atoms with E-state index in [9.17, 15) is 0 Å². The molecule has 3 nitrogen and oxygen atoms in total. The van der Waals surface area contributed by atoms with Gasteiger partial charge >= 0.3 is 8.80 Å². The molecule has 1 aliphatic rings. The van der Waals surface area contributed by atoms with E-state index >= 15 is 0 Å². The smallest absolute Gasteiger partial charge is 0.508 e. The van der Waals surface area contributed by atoms with E-state index in [2.05, 4.69) is 27.7 Å². The number of allylic oxidation sites excluding steroid dienone is 3. The van der Waals surface area contributed by atoms with Crippen LogP contribution in [0.5, 0.6) is 0 Å². The molecule has 17 heavy (non-hydrogen) atoms. The molecule has 0 N–H and O–H groups in total. The van der Waals surface area contributed by atoms with Gasteiger partial charge in [0.25, 0.3) is 0 Å². The molecule has 0 atom stereocenters. The maximum absolute atomic E-state index is 6.15. The fraction of sp³-hybridized carbons (Fsp3) is 0.692. The first kappa shape index (κ1) is 14.5. The second-order valence-corrected chi connectivity index (χ2v) is 7.69. The molecule has 0 amide bonds. The molecule has 1 saturated heterocycles. The van der Waals surface area contributed by atoms with Gasteiger partial charge in [-0.2, -0.15) is 0 Å². The van der Waals surface area contributed by atoms with E-state index in [4.69, 9.17) is 13.3 Å². The van der Waals surface area contributed by atoms with Gasteiger partial charge in [-0.15, -0.1) is 0 Å². The van der Waals surface area contributed by atoms with E-state index in [1.807, 2.05) is 32.1 Å². The Morgan fingerprint density at radius 3 is 1.94 bits per heavy atom. The fourth-order valence-electron chi connectivity index (χ4n) is 1.66. The first-order valence-corrected chi connectivity index (χ1v) is 8.02. The summed E-state index contributed by atoms with van der Waals surface area (Å²) < 4.78 is 18.1. The largest absolute Gasteiger partial charge is 0.570 e. The maximum Gasteiger partial charge on any atom is 0.570 e. The lowest BCUT2D eigenvalue weighted by molar-refractivity contribution is 0.00578. The van der Waals surface area contributed by atoms with Crippen LogP contribution in [0.1, 0.15) is 41.5 Å². The highest BCUT2D eigenvalue weighted by molar-refractivity contribution is 6.62. The molecule has 1 rings (SSSR count). The van der Waals surface area contributed by atoms with Crippen molar-refractivity contribution in [1.29, 1.82) is 0 Å². The first-order valence-electron chi connectivity index (χ1n) is 6.09. The van der Waals surface area contributed by atoms with Gasteiger partial charge in [-0.25, -0.2) is 0 Å². The van der Waals surface area contributed by atoms with Crippen LogP contribution in [0, 0.1) is 0 Å². The zero-order valence-electron chi connectivity index (χ0n) is 11.7. The van der Waals surface area contributed by atoms with Crippen molar-refractivity contribution >= 4 is 8.80 Å². The Bertz CT molecular complexity index is 287. The molecule has 0 aromatic rings. The molecule has 0 unspecified atom stereocenters. The quantitative estimate of drug-likeness (QED) is 0.436. The summed E-state index contributed by atoms with van der Waals surface area (Å²) in [5.74, 6) is 0. The topological polar surface area (TPSA) is 27.7 Å². The predicted octanol–water partition coefficient (Wildman–Crippen LogP) is 3.66. The summed E-state index contributed by atoms with van der Waals surface area (Å²) in [6.45, 7) is 12.1. The average Bonchev–Trinajstić information content (AvgIpc) is 2.40. The summed E-state index contributed by atoms with van der Waals surface area (Å²) >= 11 is 0. The van der Waals surface area contributed by atoms with E-state index in [0.717, 1.165) is 0 Å². The van der Waals surface area contributed by atoms with Crippen molar-refractivity contribution in [2.75, 3.05) is 0 Å². The first-order chi connectivity index (χ1) is 7.79. The van der Waals surface area contributed by atoms with Crippen LogP contribution < -0.4 is 0 Å². The molecule has 0 saturated carbocycles. The van der Waals surface area contributed by atoms with Crippen LogP contribution in [0.2, 0.25) is 6.04 Å². The normalized spacial score (nSPS) is 25.8. The second-order valence-electron chi connectivity index (χ2n) is 5.27. The van der Waals surface area contributed by atoms with Crippen LogP contribution in [-0.4, -0.2) is 20.0 Å². The molecular formula is C13H24O3Si. The van der Waals surface area contributed by atoms with E-state index in [0.29, 0.717) is 6.04 Å². The Hall–Kier alpha value is -0.583. The molecule has 98 valence electrons. The Morgan fingerprint density at radius 1 is 1.00 bits per heavy atom. The van der Waals surface area contributed by atoms with Gasteiger partial charge in [-0.05, 0) is 41.5 Å². The maximum atomic E-state index is 6.15. The van der Waals surface area contributed by atoms with E-state index in [1.54, 1.807) is 6.26 Å². The zero-order chi connectivity index (χ0) is 13.2. The number of hydrogen-bond acceptors (Lipinski definition) is 3. The van der Waals surface area contributed by atoms with Crippen LogP contribution in [0.15, 0.2) is 24.5 Å². The van der Waals surface area contributed by atoms with Gasteiger partial charge in [-0.3, -0.25) is 0 Å². The predicted molar refractivity (Wildman–Crippen MR) is 71.6 cm³/mol. The van der Waals surface area contributed by atoms with Gasteiger partial charge in [0.2, 0.25) is 0 Å². The highest BCUT2D eigenvalue weighted by Crippen LogP contribution is 2.43. The van der Waals surface area contributed by atoms with Crippen LogP contribution in [0.4, 0.5) is 0 Å². The standard InChI is InChI=1S/C13H24O3Si/c1-7-9-11-17(14-10-8-2)15-12(3,4)13(5,6)16-17/h7-10H,11H2,1-6H3/b9-7+,10-8+. The molecule has 0 aromatic carbocycles. The van der Waals surface area contributed by atoms with E-state index in [-0.39, 0.29) is 11.2 Å². The number of rotatable bonds is 4. The van der Waals surface area contributed by atoms with Crippen LogP contribution >= 0.6 is 0 Å². The van der Waals surface area contributed by atoms with Crippen molar-refractivity contribution in [3.05, 3.63) is 24.5 Å². The molecule has 1 heterocycles. The van der Waals surface area contributed by atoms with Crippen molar-refractivity contribution in [3.8, 4) is 0 Å². The Balaban J connectivity index is 2.94. The summed E-state index contributed by atoms with van der Waals surface area (Å²) in [7, 11) is -2.62. The third-order valence-electron chi connectivity index (χ3n) is 3.26. The highest BCUT2D eigenvalue weighted by Gasteiger charge is 2.62. The van der Waals surface area contributed by atoms with Crippen molar-refractivity contribution < 1.29 is 13.3 Å². The molecule has 0 spiro atoms. The molecular weight excluding hydrogens is 232 g/mol. The van der Waals surface area contributed by atoms with Gasteiger partial charge in [0.1, 0.15) is 0 Å². The van der Waals surface area contributed by atoms with Crippen LogP contribution in [0.25, 0.3) is 0 Å². The highest BCUT2D eigenvalue weighted by atomic mass is 28.4. The lowest BCUT2D eigenvalue weighted by Gasteiger charge is -2.31. The van der Waals surface area contributed by atoms with Crippen molar-refractivity contribution in [2.24, 2.45) is 0 Å². The monoisotopic (exact) mass is 256 g/mol. The SMILES string of the molecule is C/C=C/C[Si]1(O/C=C/C)OC(C)(C)C(C)(C)O1. The molecule has 0 radical (unpaired) electrons. The van der Waals surface area contributed by atoms with Crippen molar-refractivity contribution in [1.82, 2.24) is 0 Å². The lowest BCUT2D eigenvalue weighted by Crippen LogP contribution is -2.41. The van der Waals surface area contributed by atoms with Crippen molar-refractivity contribution in [3.63, 3.8) is 0 Å². The number of hydrogen-bond donors (Lipinski definition) is 0. The minimum atomic E-state index is -2.62. The van der Waals surface area contributed by atoms with Gasteiger partial charge in [0, 0.05) is 6.04 Å². The third-order valence-corrected chi connectivity index (χ3v) is 6.13. The van der Waals surface area contributed by atoms with E-state index in [1.165, 1.54) is 0 Å². The van der Waals surface area contributed by atoms with Gasteiger partial charge in [-0.1, -0.05) is 18.2 Å². The van der Waals surface area contributed by atoms with Gasteiger partial charge in [0.15, 0.2) is 0 Å². The zero-order valence-corrected chi connectivity index (χ0v) is 12.7.